The lowest BCUT2D eigenvalue weighted by Gasteiger charge is -2.11. The first-order valence-corrected chi connectivity index (χ1v) is 5.46. The van der Waals surface area contributed by atoms with E-state index in [1.807, 2.05) is 13.2 Å². The lowest BCUT2D eigenvalue weighted by Crippen LogP contribution is -2.09. The van der Waals surface area contributed by atoms with Gasteiger partial charge in [-0.25, -0.2) is 4.98 Å². The van der Waals surface area contributed by atoms with Gasteiger partial charge in [-0.2, -0.15) is 0 Å². The topological polar surface area (TPSA) is 34.9 Å². The number of aryl methyl sites for hydroxylation is 1. The summed E-state index contributed by atoms with van der Waals surface area (Å²) in [6.07, 6.45) is 10.9. The molecule has 0 saturated carbocycles. The molecular weight excluding hydrogens is 188 g/mol. The third-order valence-corrected chi connectivity index (χ3v) is 2.84. The molecule has 0 unspecified atom stereocenters. The van der Waals surface area contributed by atoms with Crippen LogP contribution in [0.25, 0.3) is 0 Å². The summed E-state index contributed by atoms with van der Waals surface area (Å²) in [5.74, 6) is 0.706. The zero-order valence-corrected chi connectivity index (χ0v) is 9.07. The normalized spacial score (nSPS) is 16.2. The number of Topliss-reactive ketones (excluding diaryl/α,β-unsaturated/α-hetero) is 1. The average Bonchev–Trinajstić information content (AvgIpc) is 2.66. The summed E-state index contributed by atoms with van der Waals surface area (Å²) in [7, 11) is 1.86. The summed E-state index contributed by atoms with van der Waals surface area (Å²) in [6.45, 7) is 0. The van der Waals surface area contributed by atoms with E-state index in [2.05, 4.69) is 11.1 Å². The van der Waals surface area contributed by atoms with E-state index in [9.17, 15) is 4.79 Å². The molecule has 0 atom stereocenters. The van der Waals surface area contributed by atoms with Gasteiger partial charge in [-0.05, 0) is 25.7 Å². The van der Waals surface area contributed by atoms with Crippen molar-refractivity contribution in [2.24, 2.45) is 7.05 Å². The molecule has 1 heterocycles. The van der Waals surface area contributed by atoms with E-state index in [4.69, 9.17) is 0 Å². The average molecular weight is 204 g/mol. The number of aromatic nitrogens is 2. The third-order valence-electron chi connectivity index (χ3n) is 2.84. The molecule has 1 aromatic rings. The number of hydrogen-bond donors (Lipinski definition) is 0. The van der Waals surface area contributed by atoms with Crippen molar-refractivity contribution < 1.29 is 4.79 Å². The van der Waals surface area contributed by atoms with E-state index < -0.39 is 0 Å². The van der Waals surface area contributed by atoms with Gasteiger partial charge >= 0.3 is 0 Å². The molecule has 0 spiro atoms. The second kappa shape index (κ2) is 4.43. The van der Waals surface area contributed by atoms with E-state index in [0.29, 0.717) is 12.2 Å². The third kappa shape index (κ3) is 2.35. The van der Waals surface area contributed by atoms with Crippen LogP contribution in [0.1, 0.15) is 42.7 Å². The van der Waals surface area contributed by atoms with Crippen LogP contribution in [-0.2, 0) is 7.05 Å². The van der Waals surface area contributed by atoms with Gasteiger partial charge in [0.15, 0.2) is 5.82 Å². The second-order valence-electron chi connectivity index (χ2n) is 4.07. The highest BCUT2D eigenvalue weighted by molar-refractivity contribution is 5.94. The molecule has 0 bridgehead atoms. The molecule has 1 aliphatic carbocycles. The minimum Gasteiger partial charge on any atom is -0.332 e. The molecule has 80 valence electrons. The molecule has 3 heteroatoms. The molecule has 1 aliphatic rings. The van der Waals surface area contributed by atoms with Gasteiger partial charge in [-0.3, -0.25) is 4.79 Å². The maximum Gasteiger partial charge on any atom is 0.202 e. The molecule has 1 aromatic heterocycles. The monoisotopic (exact) mass is 204 g/mol. The van der Waals surface area contributed by atoms with Crippen LogP contribution in [0, 0.1) is 0 Å². The maximum atomic E-state index is 11.9. The summed E-state index contributed by atoms with van der Waals surface area (Å²) in [5.41, 5.74) is 1.29. The minimum atomic E-state index is 0.135. The van der Waals surface area contributed by atoms with Crippen molar-refractivity contribution in [2.75, 3.05) is 0 Å². The second-order valence-corrected chi connectivity index (χ2v) is 4.07. The van der Waals surface area contributed by atoms with Gasteiger partial charge in [0, 0.05) is 25.9 Å². The molecule has 3 nitrogen and oxygen atoms in total. The smallest absolute Gasteiger partial charge is 0.202 e. The summed E-state index contributed by atoms with van der Waals surface area (Å²) in [6, 6.07) is 0. The van der Waals surface area contributed by atoms with Crippen LogP contribution in [0.4, 0.5) is 0 Å². The molecular formula is C12H16N2O. The molecule has 0 saturated heterocycles. The van der Waals surface area contributed by atoms with E-state index in [1.165, 1.54) is 18.4 Å². The predicted molar refractivity (Wildman–Crippen MR) is 58.7 cm³/mol. The Balaban J connectivity index is 2.04. The highest BCUT2D eigenvalue weighted by atomic mass is 16.1. The standard InChI is InChI=1S/C12H16N2O/c1-14-8-7-13-12(14)11(15)9-10-5-3-2-4-6-10/h5,7-8H,2-4,6,9H2,1H3. The van der Waals surface area contributed by atoms with Crippen molar-refractivity contribution in [1.82, 2.24) is 9.55 Å². The molecule has 0 radical (unpaired) electrons. The Labute approximate surface area is 89.8 Å². The van der Waals surface area contributed by atoms with Crippen LogP contribution >= 0.6 is 0 Å². The molecule has 0 fully saturated rings. The predicted octanol–water partition coefficient (Wildman–Crippen LogP) is 2.49. The first-order valence-electron chi connectivity index (χ1n) is 5.46. The maximum absolute atomic E-state index is 11.9. The highest BCUT2D eigenvalue weighted by Gasteiger charge is 2.14. The SMILES string of the molecule is Cn1ccnc1C(=O)CC1=CCCCC1. The number of imidazole rings is 1. The summed E-state index contributed by atoms with van der Waals surface area (Å²) < 4.78 is 1.78. The first kappa shape index (κ1) is 10.1. The number of carbonyl (C=O) groups excluding carboxylic acids is 1. The van der Waals surface area contributed by atoms with Crippen molar-refractivity contribution in [2.45, 2.75) is 32.1 Å². The summed E-state index contributed by atoms with van der Waals surface area (Å²) in [4.78, 5) is 15.9. The fourth-order valence-electron chi connectivity index (χ4n) is 1.98. The number of carbonyl (C=O) groups is 1. The number of nitrogens with zero attached hydrogens (tertiary/aromatic N) is 2. The van der Waals surface area contributed by atoms with Crippen LogP contribution in [-0.4, -0.2) is 15.3 Å². The van der Waals surface area contributed by atoms with E-state index in [-0.39, 0.29) is 5.78 Å². The van der Waals surface area contributed by atoms with Crippen molar-refractivity contribution in [3.8, 4) is 0 Å². The Morgan fingerprint density at radius 3 is 3.00 bits per heavy atom. The molecule has 0 aliphatic heterocycles. The van der Waals surface area contributed by atoms with Gasteiger partial charge in [0.25, 0.3) is 0 Å². The quantitative estimate of drug-likeness (QED) is 0.560. The van der Waals surface area contributed by atoms with Crippen molar-refractivity contribution >= 4 is 5.78 Å². The number of rotatable bonds is 3. The van der Waals surface area contributed by atoms with Gasteiger partial charge in [0.05, 0.1) is 0 Å². The van der Waals surface area contributed by atoms with Crippen LogP contribution in [0.5, 0.6) is 0 Å². The van der Waals surface area contributed by atoms with Crippen molar-refractivity contribution in [1.29, 1.82) is 0 Å². The van der Waals surface area contributed by atoms with Crippen molar-refractivity contribution in [3.05, 3.63) is 29.9 Å². The van der Waals surface area contributed by atoms with Crippen LogP contribution in [0.15, 0.2) is 24.0 Å². The zero-order chi connectivity index (χ0) is 10.7. The largest absolute Gasteiger partial charge is 0.332 e. The fourth-order valence-corrected chi connectivity index (χ4v) is 1.98. The summed E-state index contributed by atoms with van der Waals surface area (Å²) in [5, 5.41) is 0. The highest BCUT2D eigenvalue weighted by Crippen LogP contribution is 2.21. The molecule has 0 aromatic carbocycles. The van der Waals surface area contributed by atoms with Gasteiger partial charge in [-0.1, -0.05) is 11.6 Å². The first-order chi connectivity index (χ1) is 7.27. The Kier molecular flexibility index (Phi) is 2.99. The van der Waals surface area contributed by atoms with Gasteiger partial charge in [-0.15, -0.1) is 0 Å². The lowest BCUT2D eigenvalue weighted by atomic mass is 9.95. The number of allylic oxidation sites excluding steroid dienone is 2. The van der Waals surface area contributed by atoms with Gasteiger partial charge < -0.3 is 4.57 Å². The Morgan fingerprint density at radius 2 is 2.40 bits per heavy atom. The molecule has 15 heavy (non-hydrogen) atoms. The number of ketones is 1. The van der Waals surface area contributed by atoms with Crippen LogP contribution in [0.2, 0.25) is 0 Å². The van der Waals surface area contributed by atoms with E-state index in [0.717, 1.165) is 12.8 Å². The fraction of sp³-hybridized carbons (Fsp3) is 0.500. The van der Waals surface area contributed by atoms with E-state index >= 15 is 0 Å². The molecule has 0 N–H and O–H groups in total. The van der Waals surface area contributed by atoms with Gasteiger partial charge in [0.2, 0.25) is 5.78 Å². The molecule has 0 amide bonds. The summed E-state index contributed by atoms with van der Waals surface area (Å²) >= 11 is 0. The zero-order valence-electron chi connectivity index (χ0n) is 9.07. The Bertz CT molecular complexity index is 390. The number of hydrogen-bond acceptors (Lipinski definition) is 2. The minimum absolute atomic E-state index is 0.135. The van der Waals surface area contributed by atoms with Crippen LogP contribution < -0.4 is 0 Å². The van der Waals surface area contributed by atoms with E-state index in [1.54, 1.807) is 10.8 Å². The molecule has 2 rings (SSSR count). The lowest BCUT2D eigenvalue weighted by molar-refractivity contribution is 0.0978. The van der Waals surface area contributed by atoms with Crippen LogP contribution in [0.3, 0.4) is 0 Å². The van der Waals surface area contributed by atoms with Gasteiger partial charge in [0.1, 0.15) is 0 Å². The Hall–Kier alpha value is -1.38. The Morgan fingerprint density at radius 1 is 1.53 bits per heavy atom. The van der Waals surface area contributed by atoms with Crippen molar-refractivity contribution in [3.63, 3.8) is 0 Å².